The lowest BCUT2D eigenvalue weighted by atomic mass is 9.89. The monoisotopic (exact) mass is 413 g/mol. The number of nitrogens with zero attached hydrogens (tertiary/aromatic N) is 1. The number of hydrogen-bond donors (Lipinski definition) is 1. The first-order chi connectivity index (χ1) is 14.3. The summed E-state index contributed by atoms with van der Waals surface area (Å²) in [4.78, 5) is 13.7. The van der Waals surface area contributed by atoms with Crippen LogP contribution >= 0.6 is 0 Å². The average Bonchev–Trinajstić information content (AvgIpc) is 2.74. The highest BCUT2D eigenvalue weighted by atomic mass is 19.4. The third-order valence-corrected chi connectivity index (χ3v) is 5.84. The maximum atomic E-state index is 13.1. The van der Waals surface area contributed by atoms with E-state index in [1.54, 1.807) is 0 Å². The van der Waals surface area contributed by atoms with Gasteiger partial charge < -0.3 is 5.11 Å². The minimum absolute atomic E-state index is 0.319. The second kappa shape index (κ2) is 8.11. The summed E-state index contributed by atoms with van der Waals surface area (Å²) in [6, 6.07) is 18.7. The molecule has 1 heterocycles. The first-order valence-corrected chi connectivity index (χ1v) is 9.96. The van der Waals surface area contributed by atoms with Crippen molar-refractivity contribution >= 4 is 16.7 Å². The van der Waals surface area contributed by atoms with Gasteiger partial charge in [0, 0.05) is 6.54 Å². The molecule has 6 heteroatoms. The topological polar surface area (TPSA) is 40.5 Å². The molecule has 1 N–H and O–H groups in total. The van der Waals surface area contributed by atoms with Gasteiger partial charge in [0.05, 0.1) is 17.5 Å². The number of hydrogen-bond acceptors (Lipinski definition) is 2. The van der Waals surface area contributed by atoms with Crippen molar-refractivity contribution in [2.75, 3.05) is 13.1 Å². The maximum Gasteiger partial charge on any atom is 0.416 e. The molecular weight excluding hydrogens is 391 g/mol. The van der Waals surface area contributed by atoms with Crippen LogP contribution in [0.15, 0.2) is 66.7 Å². The third kappa shape index (κ3) is 4.05. The average molecular weight is 413 g/mol. The maximum absolute atomic E-state index is 13.1. The number of fused-ring (bicyclic) bond motifs is 1. The highest BCUT2D eigenvalue weighted by Crippen LogP contribution is 2.37. The lowest BCUT2D eigenvalue weighted by Crippen LogP contribution is -2.41. The predicted octanol–water partition coefficient (Wildman–Crippen LogP) is 5.74. The summed E-state index contributed by atoms with van der Waals surface area (Å²) in [6.45, 7) is 1.06. The number of likely N-dealkylation sites (tertiary alicyclic amines) is 1. The molecular formula is C24H22F3NO2. The SMILES string of the molecule is O=C(O)C1CCCN(C(c2ccc(C(F)(F)F)cc2)c2cccc3ccccc23)C1. The van der Waals surface area contributed by atoms with E-state index < -0.39 is 23.6 Å². The van der Waals surface area contributed by atoms with Crippen LogP contribution in [0.5, 0.6) is 0 Å². The molecule has 0 saturated carbocycles. The summed E-state index contributed by atoms with van der Waals surface area (Å²) >= 11 is 0. The minimum Gasteiger partial charge on any atom is -0.481 e. The molecule has 0 radical (unpaired) electrons. The van der Waals surface area contributed by atoms with Gasteiger partial charge in [-0.3, -0.25) is 9.69 Å². The van der Waals surface area contributed by atoms with Crippen LogP contribution in [0.2, 0.25) is 0 Å². The summed E-state index contributed by atoms with van der Waals surface area (Å²) < 4.78 is 39.2. The van der Waals surface area contributed by atoms with E-state index in [2.05, 4.69) is 4.90 Å². The fourth-order valence-electron chi connectivity index (χ4n) is 4.37. The molecule has 3 aromatic carbocycles. The first kappa shape index (κ1) is 20.4. The molecule has 0 bridgehead atoms. The Morgan fingerprint density at radius 3 is 2.40 bits per heavy atom. The van der Waals surface area contributed by atoms with Gasteiger partial charge >= 0.3 is 12.1 Å². The Balaban J connectivity index is 1.82. The van der Waals surface area contributed by atoms with E-state index in [1.807, 2.05) is 42.5 Å². The summed E-state index contributed by atoms with van der Waals surface area (Å²) in [5, 5.41) is 11.6. The molecule has 0 spiro atoms. The van der Waals surface area contributed by atoms with E-state index in [1.165, 1.54) is 12.1 Å². The van der Waals surface area contributed by atoms with Crippen molar-refractivity contribution in [2.45, 2.75) is 25.1 Å². The second-order valence-electron chi connectivity index (χ2n) is 7.76. The Bertz CT molecular complexity index is 1040. The van der Waals surface area contributed by atoms with Gasteiger partial charge in [-0.1, -0.05) is 54.6 Å². The molecule has 30 heavy (non-hydrogen) atoms. The highest BCUT2D eigenvalue weighted by Gasteiger charge is 2.33. The molecule has 1 saturated heterocycles. The lowest BCUT2D eigenvalue weighted by molar-refractivity contribution is -0.144. The van der Waals surface area contributed by atoms with Crippen LogP contribution in [0.1, 0.15) is 35.6 Å². The number of aliphatic carboxylic acids is 1. The van der Waals surface area contributed by atoms with Gasteiger partial charge in [-0.05, 0) is 53.4 Å². The number of benzene rings is 3. The molecule has 0 aromatic heterocycles. The lowest BCUT2D eigenvalue weighted by Gasteiger charge is -2.38. The zero-order valence-corrected chi connectivity index (χ0v) is 16.3. The van der Waals surface area contributed by atoms with Crippen molar-refractivity contribution in [2.24, 2.45) is 5.92 Å². The Hall–Kier alpha value is -2.86. The van der Waals surface area contributed by atoms with E-state index >= 15 is 0 Å². The van der Waals surface area contributed by atoms with E-state index in [0.717, 1.165) is 40.5 Å². The Kier molecular flexibility index (Phi) is 5.52. The number of alkyl halides is 3. The van der Waals surface area contributed by atoms with E-state index in [0.29, 0.717) is 19.5 Å². The van der Waals surface area contributed by atoms with Crippen LogP contribution in [-0.4, -0.2) is 29.1 Å². The third-order valence-electron chi connectivity index (χ3n) is 5.84. The molecule has 156 valence electrons. The Morgan fingerprint density at radius 1 is 1.00 bits per heavy atom. The number of carboxylic acids is 1. The minimum atomic E-state index is -4.40. The molecule has 3 aromatic rings. The van der Waals surface area contributed by atoms with E-state index in [-0.39, 0.29) is 6.04 Å². The van der Waals surface area contributed by atoms with Crippen LogP contribution in [0.4, 0.5) is 13.2 Å². The molecule has 3 nitrogen and oxygen atoms in total. The van der Waals surface area contributed by atoms with Crippen molar-refractivity contribution in [3.05, 3.63) is 83.4 Å². The van der Waals surface area contributed by atoms with Crippen molar-refractivity contribution < 1.29 is 23.1 Å². The number of halogens is 3. The van der Waals surface area contributed by atoms with Crippen LogP contribution in [0.25, 0.3) is 10.8 Å². The van der Waals surface area contributed by atoms with Crippen LogP contribution in [-0.2, 0) is 11.0 Å². The van der Waals surface area contributed by atoms with Crippen LogP contribution in [0.3, 0.4) is 0 Å². The number of carboxylic acid groups (broad SMARTS) is 1. The van der Waals surface area contributed by atoms with Crippen molar-refractivity contribution in [3.63, 3.8) is 0 Å². The molecule has 1 fully saturated rings. The second-order valence-corrected chi connectivity index (χ2v) is 7.76. The van der Waals surface area contributed by atoms with Crippen LogP contribution in [0, 0.1) is 5.92 Å². The molecule has 0 aliphatic carbocycles. The van der Waals surface area contributed by atoms with Gasteiger partial charge in [0.2, 0.25) is 0 Å². The summed E-state index contributed by atoms with van der Waals surface area (Å²) in [6.07, 6.45) is -3.05. The molecule has 1 aliphatic rings. The van der Waals surface area contributed by atoms with Gasteiger partial charge in [0.25, 0.3) is 0 Å². The molecule has 1 aliphatic heterocycles. The van der Waals surface area contributed by atoms with Gasteiger partial charge in [-0.25, -0.2) is 0 Å². The molecule has 0 amide bonds. The summed E-state index contributed by atoms with van der Waals surface area (Å²) in [5.41, 5.74) is 1.01. The Labute approximate surface area is 172 Å². The number of rotatable bonds is 4. The zero-order chi connectivity index (χ0) is 21.3. The Morgan fingerprint density at radius 2 is 1.70 bits per heavy atom. The van der Waals surface area contributed by atoms with Crippen molar-refractivity contribution in [1.82, 2.24) is 4.90 Å². The molecule has 4 rings (SSSR count). The quantitative estimate of drug-likeness (QED) is 0.593. The normalized spacial score (nSPS) is 19.0. The standard InChI is InChI=1S/C24H22F3NO2/c25-24(26,27)19-12-10-17(11-13-19)22(28-14-4-7-18(15-28)23(29)30)21-9-3-6-16-5-1-2-8-20(16)21/h1-3,5-6,8-13,18,22H,4,7,14-15H2,(H,29,30). The van der Waals surface area contributed by atoms with Crippen molar-refractivity contribution in [3.8, 4) is 0 Å². The summed E-state index contributed by atoms with van der Waals surface area (Å²) in [5.74, 6) is -1.31. The fourth-order valence-corrected chi connectivity index (χ4v) is 4.37. The van der Waals surface area contributed by atoms with E-state index in [4.69, 9.17) is 0 Å². The largest absolute Gasteiger partial charge is 0.481 e. The smallest absolute Gasteiger partial charge is 0.416 e. The first-order valence-electron chi connectivity index (χ1n) is 9.96. The zero-order valence-electron chi connectivity index (χ0n) is 16.3. The predicted molar refractivity (Wildman–Crippen MR) is 109 cm³/mol. The fraction of sp³-hybridized carbons (Fsp3) is 0.292. The number of carbonyl (C=O) groups is 1. The van der Waals surface area contributed by atoms with E-state index in [9.17, 15) is 23.1 Å². The van der Waals surface area contributed by atoms with Gasteiger partial charge in [0.15, 0.2) is 0 Å². The molecule has 2 unspecified atom stereocenters. The summed E-state index contributed by atoms with van der Waals surface area (Å²) in [7, 11) is 0. The van der Waals surface area contributed by atoms with Gasteiger partial charge in [-0.2, -0.15) is 13.2 Å². The number of piperidine rings is 1. The van der Waals surface area contributed by atoms with Gasteiger partial charge in [-0.15, -0.1) is 0 Å². The molecule has 2 atom stereocenters. The van der Waals surface area contributed by atoms with Crippen molar-refractivity contribution in [1.29, 1.82) is 0 Å². The van der Waals surface area contributed by atoms with Gasteiger partial charge in [0.1, 0.15) is 0 Å². The highest BCUT2D eigenvalue weighted by molar-refractivity contribution is 5.86. The van der Waals surface area contributed by atoms with Crippen LogP contribution < -0.4 is 0 Å².